The van der Waals surface area contributed by atoms with Gasteiger partial charge >= 0.3 is 5.97 Å². The van der Waals surface area contributed by atoms with E-state index in [1.807, 2.05) is 45.2 Å². The van der Waals surface area contributed by atoms with Gasteiger partial charge in [-0.2, -0.15) is 0 Å². The van der Waals surface area contributed by atoms with E-state index in [9.17, 15) is 22.9 Å². The molecule has 0 aliphatic heterocycles. The van der Waals surface area contributed by atoms with Crippen molar-refractivity contribution in [2.45, 2.75) is 4.90 Å². The van der Waals surface area contributed by atoms with Crippen LogP contribution >= 0.6 is 90.4 Å². The molecule has 2 rings (SSSR count). The van der Waals surface area contributed by atoms with Crippen molar-refractivity contribution in [1.29, 1.82) is 0 Å². The molecule has 2 aromatic carbocycles. The van der Waals surface area contributed by atoms with Crippen LogP contribution < -0.4 is 9.84 Å². The summed E-state index contributed by atoms with van der Waals surface area (Å²) in [5, 5.41) is 12.0. The topological polar surface area (TPSA) is 107 Å². The summed E-state index contributed by atoms with van der Waals surface area (Å²) in [6.07, 6.45) is 0. The Hall–Kier alpha value is 0.540. The van der Waals surface area contributed by atoms with Crippen molar-refractivity contribution in [3.05, 3.63) is 44.1 Å². The molecule has 128 valence electrons. The second-order valence-corrected chi connectivity index (χ2v) is 10.2. The van der Waals surface area contributed by atoms with Crippen LogP contribution in [0.4, 0.5) is 0 Å². The molecule has 0 spiro atoms. The molecule has 0 aromatic heterocycles. The lowest BCUT2D eigenvalue weighted by atomic mass is 10.2. The molecular formula is C13H4I4O6S-2. The van der Waals surface area contributed by atoms with Crippen molar-refractivity contribution in [3.63, 3.8) is 0 Å². The Balaban J connectivity index is 2.38. The smallest absolute Gasteiger partial charge is 0.345 e. The number of hydrogen-bond acceptors (Lipinski definition) is 6. The van der Waals surface area contributed by atoms with E-state index in [0.29, 0.717) is 7.14 Å². The molecule has 0 atom stereocenters. The van der Waals surface area contributed by atoms with Crippen molar-refractivity contribution in [1.82, 2.24) is 0 Å². The highest BCUT2D eigenvalue weighted by molar-refractivity contribution is 14.1. The quantitative estimate of drug-likeness (QED) is 0.205. The summed E-state index contributed by atoms with van der Waals surface area (Å²) in [7, 11) is -4.60. The zero-order chi connectivity index (χ0) is 18.2. The van der Waals surface area contributed by atoms with Crippen LogP contribution in [-0.4, -0.2) is 18.9 Å². The van der Waals surface area contributed by atoms with E-state index in [2.05, 4.69) is 0 Å². The van der Waals surface area contributed by atoms with E-state index in [0.717, 1.165) is 6.07 Å². The summed E-state index contributed by atoms with van der Waals surface area (Å²) >= 11 is 7.29. The molecule has 0 heterocycles. The molecule has 11 heteroatoms. The van der Waals surface area contributed by atoms with Crippen LogP contribution in [0.3, 0.4) is 0 Å². The molecule has 2 aromatic rings. The minimum Gasteiger partial charge on any atom is -0.871 e. The van der Waals surface area contributed by atoms with Gasteiger partial charge in [0.25, 0.3) is 0 Å². The van der Waals surface area contributed by atoms with Gasteiger partial charge in [0.1, 0.15) is 15.9 Å². The third-order valence-corrected chi connectivity index (χ3v) is 7.55. The first kappa shape index (κ1) is 20.8. The number of esters is 1. The van der Waals surface area contributed by atoms with Crippen LogP contribution in [0.15, 0.2) is 29.2 Å². The van der Waals surface area contributed by atoms with Crippen LogP contribution in [0.5, 0.6) is 11.5 Å². The molecule has 0 amide bonds. The van der Waals surface area contributed by atoms with Gasteiger partial charge in [0, 0.05) is 14.3 Å². The standard InChI is InChI=1S/C13H6I4O6S/c14-6-3-5(1-2-9(6)24(20,21)22)23-13(19)10-7(15)4-8(16)12(18)11(10)17/h1-4,18H,(H,20,21,22)/p-2. The average molecular weight is 796 g/mol. The molecular weight excluding hydrogens is 792 g/mol. The molecule has 0 N–H and O–H groups in total. The molecule has 0 unspecified atom stereocenters. The molecule has 0 saturated carbocycles. The maximum Gasteiger partial charge on any atom is 0.345 e. The number of carbonyl (C=O) groups excluding carboxylic acids is 1. The van der Waals surface area contributed by atoms with Crippen LogP contribution in [0.25, 0.3) is 0 Å². The van der Waals surface area contributed by atoms with Crippen LogP contribution in [0.1, 0.15) is 10.4 Å². The van der Waals surface area contributed by atoms with E-state index in [-0.39, 0.29) is 29.1 Å². The maximum atomic E-state index is 12.4. The fraction of sp³-hybridized carbons (Fsp3) is 0. The number of halogens is 4. The second kappa shape index (κ2) is 8.05. The first-order valence-electron chi connectivity index (χ1n) is 5.84. The molecule has 6 nitrogen and oxygen atoms in total. The maximum absolute atomic E-state index is 12.4. The fourth-order valence-electron chi connectivity index (χ4n) is 1.67. The number of ether oxygens (including phenoxy) is 1. The fourth-order valence-corrected chi connectivity index (χ4v) is 7.31. The van der Waals surface area contributed by atoms with Crippen molar-refractivity contribution in [2.24, 2.45) is 0 Å². The van der Waals surface area contributed by atoms with Gasteiger partial charge in [-0.3, -0.25) is 0 Å². The molecule has 0 bridgehead atoms. The Morgan fingerprint density at radius 3 is 2.17 bits per heavy atom. The predicted octanol–water partition coefficient (Wildman–Crippen LogP) is 3.30. The zero-order valence-corrected chi connectivity index (χ0v) is 20.6. The molecule has 24 heavy (non-hydrogen) atoms. The Morgan fingerprint density at radius 2 is 1.62 bits per heavy atom. The summed E-state index contributed by atoms with van der Waals surface area (Å²) in [6.45, 7) is 0. The third kappa shape index (κ3) is 4.63. The lowest BCUT2D eigenvalue weighted by molar-refractivity contribution is -0.271. The lowest BCUT2D eigenvalue weighted by Crippen LogP contribution is -2.15. The predicted molar refractivity (Wildman–Crippen MR) is 116 cm³/mol. The minimum atomic E-state index is -4.60. The number of carbonyl (C=O) groups is 1. The Kier molecular flexibility index (Phi) is 6.99. The van der Waals surface area contributed by atoms with Gasteiger partial charge in [-0.25, -0.2) is 13.2 Å². The van der Waals surface area contributed by atoms with Crippen molar-refractivity contribution >= 4 is 106 Å². The van der Waals surface area contributed by atoms with E-state index >= 15 is 0 Å². The van der Waals surface area contributed by atoms with E-state index in [1.165, 1.54) is 12.1 Å². The molecule has 0 radical (unpaired) electrons. The van der Waals surface area contributed by atoms with E-state index < -0.39 is 16.1 Å². The van der Waals surface area contributed by atoms with Crippen molar-refractivity contribution < 1.29 is 27.6 Å². The highest BCUT2D eigenvalue weighted by Crippen LogP contribution is 2.32. The van der Waals surface area contributed by atoms with Gasteiger partial charge in [0.05, 0.1) is 10.5 Å². The van der Waals surface area contributed by atoms with Crippen molar-refractivity contribution in [2.75, 3.05) is 0 Å². The summed E-state index contributed by atoms with van der Waals surface area (Å²) in [5.41, 5.74) is 0.150. The largest absolute Gasteiger partial charge is 0.871 e. The van der Waals surface area contributed by atoms with E-state index in [4.69, 9.17) is 4.74 Å². The Morgan fingerprint density at radius 1 is 1.00 bits per heavy atom. The number of benzene rings is 2. The van der Waals surface area contributed by atoms with Gasteiger partial charge < -0.3 is 14.4 Å². The highest BCUT2D eigenvalue weighted by atomic mass is 127. The van der Waals surface area contributed by atoms with Crippen molar-refractivity contribution in [3.8, 4) is 11.5 Å². The van der Waals surface area contributed by atoms with Gasteiger partial charge in [0.15, 0.2) is 0 Å². The zero-order valence-electron chi connectivity index (χ0n) is 11.2. The Bertz CT molecular complexity index is 942. The first-order chi connectivity index (χ1) is 11.0. The monoisotopic (exact) mass is 796 g/mol. The molecule has 0 saturated heterocycles. The summed E-state index contributed by atoms with van der Waals surface area (Å²) in [5.74, 6) is -0.911. The van der Waals surface area contributed by atoms with Gasteiger partial charge in [-0.1, -0.05) is 5.75 Å². The lowest BCUT2D eigenvalue weighted by Gasteiger charge is -2.17. The highest BCUT2D eigenvalue weighted by Gasteiger charge is 2.19. The Labute approximate surface area is 192 Å². The molecule has 0 aliphatic carbocycles. The van der Waals surface area contributed by atoms with Gasteiger partial charge in [-0.15, -0.1) is 0 Å². The third-order valence-electron chi connectivity index (χ3n) is 2.72. The van der Waals surface area contributed by atoms with Crippen LogP contribution in [0, 0.1) is 14.3 Å². The summed E-state index contributed by atoms with van der Waals surface area (Å²) in [4.78, 5) is 12.0. The minimum absolute atomic E-state index is 0.0781. The summed E-state index contributed by atoms with van der Waals surface area (Å²) in [6, 6.07) is 5.15. The second-order valence-electron chi connectivity index (χ2n) is 4.29. The van der Waals surface area contributed by atoms with E-state index in [1.54, 1.807) is 51.2 Å². The van der Waals surface area contributed by atoms with Gasteiger partial charge in [-0.05, 0) is 115 Å². The number of rotatable bonds is 3. The summed E-state index contributed by atoms with van der Waals surface area (Å²) < 4.78 is 39.9. The average Bonchev–Trinajstić information content (AvgIpc) is 2.43. The number of hydrogen-bond donors (Lipinski definition) is 0. The van der Waals surface area contributed by atoms with Crippen LogP contribution in [-0.2, 0) is 10.1 Å². The van der Waals surface area contributed by atoms with Gasteiger partial charge in [0.2, 0.25) is 0 Å². The molecule has 0 fully saturated rings. The molecule has 0 aliphatic rings. The first-order valence-corrected chi connectivity index (χ1v) is 11.6. The SMILES string of the molecule is O=C(Oc1ccc(S(=O)(=O)[O-])c(I)c1)c1c(I)cc(I)c([O-])c1I. The normalized spacial score (nSPS) is 11.4. The van der Waals surface area contributed by atoms with Crippen LogP contribution in [0.2, 0.25) is 0 Å².